The third-order valence-corrected chi connectivity index (χ3v) is 4.72. The molecule has 0 saturated carbocycles. The van der Waals surface area contributed by atoms with E-state index in [9.17, 15) is 4.79 Å². The summed E-state index contributed by atoms with van der Waals surface area (Å²) in [5.74, 6) is 0. The Labute approximate surface area is 135 Å². The number of aldehydes is 1. The summed E-state index contributed by atoms with van der Waals surface area (Å²) in [4.78, 5) is 25.3. The topological polar surface area (TPSA) is 68.9 Å². The van der Waals surface area contributed by atoms with Gasteiger partial charge in [0.2, 0.25) is 0 Å². The molecule has 0 aliphatic carbocycles. The smallest absolute Gasteiger partial charge is 0.168 e. The third-order valence-electron chi connectivity index (χ3n) is 3.51. The van der Waals surface area contributed by atoms with Crippen LogP contribution >= 0.6 is 11.3 Å². The fourth-order valence-electron chi connectivity index (χ4n) is 2.45. The van der Waals surface area contributed by atoms with E-state index in [2.05, 4.69) is 15.0 Å². The van der Waals surface area contributed by atoms with Crippen molar-refractivity contribution in [2.24, 2.45) is 0 Å². The van der Waals surface area contributed by atoms with Gasteiger partial charge in [0.05, 0.1) is 22.5 Å². The van der Waals surface area contributed by atoms with Gasteiger partial charge in [-0.05, 0) is 25.1 Å². The molecule has 0 spiro atoms. The van der Waals surface area contributed by atoms with E-state index in [1.165, 1.54) is 11.3 Å². The van der Waals surface area contributed by atoms with Crippen molar-refractivity contribution in [3.63, 3.8) is 0 Å². The SMILES string of the molecule is Cc1nc(-c2cccnc2)sc1-c1nc(C=O)cc2occc12. The number of fused-ring (bicyclic) bond motifs is 1. The van der Waals surface area contributed by atoms with E-state index in [1.807, 2.05) is 25.1 Å². The predicted octanol–water partition coefficient (Wildman–Crippen LogP) is 4.13. The highest BCUT2D eigenvalue weighted by Crippen LogP contribution is 2.37. The van der Waals surface area contributed by atoms with Crippen molar-refractivity contribution in [1.29, 1.82) is 0 Å². The Kier molecular flexibility index (Phi) is 3.24. The van der Waals surface area contributed by atoms with Crippen LogP contribution < -0.4 is 0 Å². The van der Waals surface area contributed by atoms with Crippen molar-refractivity contribution < 1.29 is 9.21 Å². The Morgan fingerprint density at radius 2 is 2.17 bits per heavy atom. The first-order chi connectivity index (χ1) is 11.3. The molecule has 23 heavy (non-hydrogen) atoms. The average molecular weight is 321 g/mol. The highest BCUT2D eigenvalue weighted by atomic mass is 32.1. The van der Waals surface area contributed by atoms with E-state index in [1.54, 1.807) is 24.7 Å². The molecule has 0 aliphatic heterocycles. The molecule has 0 bridgehead atoms. The van der Waals surface area contributed by atoms with Gasteiger partial charge < -0.3 is 4.42 Å². The van der Waals surface area contributed by atoms with Crippen molar-refractivity contribution in [3.8, 4) is 21.1 Å². The van der Waals surface area contributed by atoms with Gasteiger partial charge in [-0.25, -0.2) is 9.97 Å². The quantitative estimate of drug-likeness (QED) is 0.531. The molecule has 5 nitrogen and oxygen atoms in total. The summed E-state index contributed by atoms with van der Waals surface area (Å²) in [6.45, 7) is 1.94. The van der Waals surface area contributed by atoms with Gasteiger partial charge in [0.1, 0.15) is 16.3 Å². The van der Waals surface area contributed by atoms with Gasteiger partial charge in [-0.2, -0.15) is 0 Å². The van der Waals surface area contributed by atoms with E-state index in [0.29, 0.717) is 11.3 Å². The largest absolute Gasteiger partial charge is 0.464 e. The molecule has 0 amide bonds. The van der Waals surface area contributed by atoms with Crippen LogP contribution in [0.3, 0.4) is 0 Å². The van der Waals surface area contributed by atoms with Crippen LogP contribution in [0.25, 0.3) is 32.1 Å². The van der Waals surface area contributed by atoms with Crippen molar-refractivity contribution in [1.82, 2.24) is 15.0 Å². The van der Waals surface area contributed by atoms with Gasteiger partial charge in [-0.15, -0.1) is 11.3 Å². The van der Waals surface area contributed by atoms with Crippen molar-refractivity contribution >= 4 is 28.6 Å². The van der Waals surface area contributed by atoms with Crippen molar-refractivity contribution in [2.45, 2.75) is 6.92 Å². The van der Waals surface area contributed by atoms with Crippen LogP contribution in [-0.4, -0.2) is 21.2 Å². The number of aromatic nitrogens is 3. The van der Waals surface area contributed by atoms with E-state index in [0.717, 1.165) is 38.5 Å². The van der Waals surface area contributed by atoms with Crippen LogP contribution in [0.5, 0.6) is 0 Å². The molecule has 4 rings (SSSR count). The summed E-state index contributed by atoms with van der Waals surface area (Å²) in [6, 6.07) is 7.35. The average Bonchev–Trinajstić information content (AvgIpc) is 3.21. The fourth-order valence-corrected chi connectivity index (χ4v) is 3.51. The number of carbonyl (C=O) groups excluding carboxylic acids is 1. The molecule has 0 N–H and O–H groups in total. The number of carbonyl (C=O) groups is 1. The molecular weight excluding hydrogens is 310 g/mol. The van der Waals surface area contributed by atoms with Crippen molar-refractivity contribution in [3.05, 3.63) is 54.3 Å². The van der Waals surface area contributed by atoms with Gasteiger partial charge in [-0.1, -0.05) is 0 Å². The van der Waals surface area contributed by atoms with Crippen LogP contribution in [0, 0.1) is 6.92 Å². The monoisotopic (exact) mass is 321 g/mol. The maximum Gasteiger partial charge on any atom is 0.168 e. The first kappa shape index (κ1) is 13.8. The normalized spacial score (nSPS) is 11.0. The molecule has 0 unspecified atom stereocenters. The molecular formula is C17H11N3O2S. The molecule has 4 aromatic rings. The summed E-state index contributed by atoms with van der Waals surface area (Å²) in [5, 5.41) is 1.75. The summed E-state index contributed by atoms with van der Waals surface area (Å²) < 4.78 is 5.43. The lowest BCUT2D eigenvalue weighted by Gasteiger charge is -2.01. The number of hydrogen-bond donors (Lipinski definition) is 0. The zero-order valence-corrected chi connectivity index (χ0v) is 13.0. The number of thiazole rings is 1. The lowest BCUT2D eigenvalue weighted by molar-refractivity contribution is 0.111. The summed E-state index contributed by atoms with van der Waals surface area (Å²) in [7, 11) is 0. The van der Waals surface area contributed by atoms with Gasteiger partial charge in [0.25, 0.3) is 0 Å². The molecule has 0 fully saturated rings. The first-order valence-electron chi connectivity index (χ1n) is 6.98. The molecule has 4 heterocycles. The minimum absolute atomic E-state index is 0.346. The molecule has 112 valence electrons. The van der Waals surface area contributed by atoms with Crippen LogP contribution in [0.15, 0.2) is 47.3 Å². The zero-order valence-electron chi connectivity index (χ0n) is 12.2. The first-order valence-corrected chi connectivity index (χ1v) is 7.79. The summed E-state index contributed by atoms with van der Waals surface area (Å²) in [5.41, 5.74) is 3.54. The molecule has 0 saturated heterocycles. The Bertz CT molecular complexity index is 1010. The molecule has 0 aliphatic rings. The number of rotatable bonds is 3. The number of pyridine rings is 2. The lowest BCUT2D eigenvalue weighted by Crippen LogP contribution is -1.91. The predicted molar refractivity (Wildman–Crippen MR) is 88.5 cm³/mol. The molecule has 0 aromatic carbocycles. The minimum Gasteiger partial charge on any atom is -0.464 e. The second kappa shape index (κ2) is 5.40. The number of hydrogen-bond acceptors (Lipinski definition) is 6. The van der Waals surface area contributed by atoms with Gasteiger partial charge in [0.15, 0.2) is 6.29 Å². The maximum atomic E-state index is 11.1. The van der Waals surface area contributed by atoms with Crippen molar-refractivity contribution in [2.75, 3.05) is 0 Å². The van der Waals surface area contributed by atoms with Crippen LogP contribution in [0.1, 0.15) is 16.2 Å². The highest BCUT2D eigenvalue weighted by molar-refractivity contribution is 7.18. The fraction of sp³-hybridized carbons (Fsp3) is 0.0588. The molecule has 0 atom stereocenters. The van der Waals surface area contributed by atoms with Gasteiger partial charge >= 0.3 is 0 Å². The maximum absolute atomic E-state index is 11.1. The van der Waals surface area contributed by atoms with E-state index < -0.39 is 0 Å². The van der Waals surface area contributed by atoms with Gasteiger partial charge in [0, 0.05) is 29.4 Å². The second-order valence-corrected chi connectivity index (χ2v) is 6.02. The van der Waals surface area contributed by atoms with Crippen LogP contribution in [0.2, 0.25) is 0 Å². The minimum atomic E-state index is 0.346. The summed E-state index contributed by atoms with van der Waals surface area (Å²) in [6.07, 6.45) is 5.84. The van der Waals surface area contributed by atoms with E-state index in [4.69, 9.17) is 4.42 Å². The number of aryl methyl sites for hydroxylation is 1. The number of furan rings is 1. The molecule has 6 heteroatoms. The van der Waals surface area contributed by atoms with E-state index in [-0.39, 0.29) is 0 Å². The molecule has 4 aromatic heterocycles. The summed E-state index contributed by atoms with van der Waals surface area (Å²) >= 11 is 1.53. The van der Waals surface area contributed by atoms with Crippen LogP contribution in [0.4, 0.5) is 0 Å². The Morgan fingerprint density at radius 3 is 2.96 bits per heavy atom. The van der Waals surface area contributed by atoms with Crippen LogP contribution in [-0.2, 0) is 0 Å². The Morgan fingerprint density at radius 1 is 1.26 bits per heavy atom. The van der Waals surface area contributed by atoms with E-state index >= 15 is 0 Å². The standard InChI is InChI=1S/C17H11N3O2S/c1-10-16(23-17(19-10)11-3-2-5-18-8-11)15-13-4-6-22-14(13)7-12(9-21)20-15/h2-9H,1H3. The third kappa shape index (κ3) is 2.33. The zero-order chi connectivity index (χ0) is 15.8. The number of nitrogens with zero attached hydrogens (tertiary/aromatic N) is 3. The second-order valence-electron chi connectivity index (χ2n) is 5.02. The Balaban J connectivity index is 1.93. The highest BCUT2D eigenvalue weighted by Gasteiger charge is 2.17. The molecule has 0 radical (unpaired) electrons. The van der Waals surface area contributed by atoms with Gasteiger partial charge in [-0.3, -0.25) is 9.78 Å². The Hall–Kier alpha value is -2.86. The lowest BCUT2D eigenvalue weighted by atomic mass is 10.2.